The molecule has 1 aliphatic carbocycles. The van der Waals surface area contributed by atoms with Gasteiger partial charge in [-0.05, 0) is 36.4 Å². The van der Waals surface area contributed by atoms with Gasteiger partial charge in [0.15, 0.2) is 0 Å². The summed E-state index contributed by atoms with van der Waals surface area (Å²) in [6.07, 6.45) is 5.00. The molecule has 26 heavy (non-hydrogen) atoms. The highest BCUT2D eigenvalue weighted by molar-refractivity contribution is 7.10. The van der Waals surface area contributed by atoms with Gasteiger partial charge < -0.3 is 10.2 Å². The number of hydrogen-bond acceptors (Lipinski definition) is 3. The van der Waals surface area contributed by atoms with Crippen LogP contribution in [0.25, 0.3) is 0 Å². The van der Waals surface area contributed by atoms with E-state index >= 15 is 0 Å². The Hall–Kier alpha value is -2.14. The zero-order chi connectivity index (χ0) is 18.0. The quantitative estimate of drug-likeness (QED) is 0.874. The van der Waals surface area contributed by atoms with E-state index in [0.29, 0.717) is 19.5 Å². The minimum atomic E-state index is -0.260. The Morgan fingerprint density at radius 2 is 1.92 bits per heavy atom. The lowest BCUT2D eigenvalue weighted by molar-refractivity contribution is -0.126. The summed E-state index contributed by atoms with van der Waals surface area (Å²) in [6, 6.07) is 13.9. The van der Waals surface area contributed by atoms with E-state index in [1.165, 1.54) is 17.7 Å². The zero-order valence-corrected chi connectivity index (χ0v) is 15.6. The smallest absolute Gasteiger partial charge is 0.227 e. The number of nitrogens with zero attached hydrogens (tertiary/aromatic N) is 1. The number of amides is 2. The maximum absolute atomic E-state index is 12.7. The summed E-state index contributed by atoms with van der Waals surface area (Å²) in [7, 11) is 0. The molecule has 1 saturated carbocycles. The number of carbonyl (C=O) groups is 2. The molecule has 1 aromatic carbocycles. The van der Waals surface area contributed by atoms with Crippen LogP contribution in [0.1, 0.15) is 37.0 Å². The molecule has 4 rings (SSSR count). The number of hydrogen-bond donors (Lipinski definition) is 1. The minimum Gasteiger partial charge on any atom is -0.355 e. The maximum atomic E-state index is 12.7. The Bertz CT molecular complexity index is 767. The third-order valence-corrected chi connectivity index (χ3v) is 6.89. The van der Waals surface area contributed by atoms with Crippen molar-refractivity contribution in [2.75, 3.05) is 18.0 Å². The van der Waals surface area contributed by atoms with Gasteiger partial charge in [-0.3, -0.25) is 9.59 Å². The fourth-order valence-corrected chi connectivity index (χ4v) is 5.27. The molecule has 0 spiro atoms. The lowest BCUT2D eigenvalue weighted by Gasteiger charge is -2.28. The SMILES string of the molecule is O=C(NCC1(c2cccs2)CCCC1)[C@@H]1CC(=O)N(c2ccccc2)C1. The summed E-state index contributed by atoms with van der Waals surface area (Å²) in [5.41, 5.74) is 0.963. The maximum Gasteiger partial charge on any atom is 0.227 e. The second kappa shape index (κ2) is 7.23. The van der Waals surface area contributed by atoms with Crippen LogP contribution in [0.15, 0.2) is 47.8 Å². The summed E-state index contributed by atoms with van der Waals surface area (Å²) >= 11 is 1.79. The van der Waals surface area contributed by atoms with Crippen LogP contribution < -0.4 is 10.2 Å². The highest BCUT2D eigenvalue weighted by Crippen LogP contribution is 2.42. The summed E-state index contributed by atoms with van der Waals surface area (Å²) in [5, 5.41) is 5.29. The highest BCUT2D eigenvalue weighted by Gasteiger charge is 2.39. The van der Waals surface area contributed by atoms with E-state index in [2.05, 4.69) is 22.8 Å². The van der Waals surface area contributed by atoms with Gasteiger partial charge in [0, 0.05) is 35.5 Å². The van der Waals surface area contributed by atoms with Crippen molar-refractivity contribution in [1.82, 2.24) is 5.32 Å². The first-order valence-corrected chi connectivity index (χ1v) is 10.2. The number of para-hydroxylation sites is 1. The molecule has 1 aromatic heterocycles. The molecule has 2 heterocycles. The number of benzene rings is 1. The van der Waals surface area contributed by atoms with Gasteiger partial charge in [-0.2, -0.15) is 0 Å². The standard InChI is InChI=1S/C21H24N2O2S/c24-19-13-16(14-23(19)17-7-2-1-3-8-17)20(25)22-15-21(10-4-5-11-21)18-9-6-12-26-18/h1-3,6-9,12,16H,4-5,10-11,13-15H2,(H,22,25)/t16-/m1/s1. The van der Waals surface area contributed by atoms with Crippen LogP contribution in [0, 0.1) is 5.92 Å². The van der Waals surface area contributed by atoms with Crippen LogP contribution in [0.4, 0.5) is 5.69 Å². The highest BCUT2D eigenvalue weighted by atomic mass is 32.1. The second-order valence-electron chi connectivity index (χ2n) is 7.42. The van der Waals surface area contributed by atoms with E-state index in [1.807, 2.05) is 30.3 Å². The molecular formula is C21H24N2O2S. The molecule has 1 atom stereocenters. The largest absolute Gasteiger partial charge is 0.355 e. The predicted octanol–water partition coefficient (Wildman–Crippen LogP) is 3.73. The number of thiophene rings is 1. The van der Waals surface area contributed by atoms with Gasteiger partial charge in [0.05, 0.1) is 5.92 Å². The van der Waals surface area contributed by atoms with Gasteiger partial charge in [-0.25, -0.2) is 0 Å². The Morgan fingerprint density at radius 3 is 2.62 bits per heavy atom. The monoisotopic (exact) mass is 368 g/mol. The van der Waals surface area contributed by atoms with Crippen molar-refractivity contribution in [2.45, 2.75) is 37.5 Å². The molecule has 136 valence electrons. The van der Waals surface area contributed by atoms with E-state index in [1.54, 1.807) is 16.2 Å². The Balaban J connectivity index is 1.40. The van der Waals surface area contributed by atoms with Crippen LogP contribution in [0.3, 0.4) is 0 Å². The number of carbonyl (C=O) groups excluding carboxylic acids is 2. The average molecular weight is 369 g/mol. The predicted molar refractivity (Wildman–Crippen MR) is 104 cm³/mol. The zero-order valence-electron chi connectivity index (χ0n) is 14.8. The van der Waals surface area contributed by atoms with Crippen LogP contribution in [-0.2, 0) is 15.0 Å². The van der Waals surface area contributed by atoms with Gasteiger partial charge in [0.1, 0.15) is 0 Å². The van der Waals surface area contributed by atoms with E-state index < -0.39 is 0 Å². The third kappa shape index (κ3) is 3.28. The fourth-order valence-electron chi connectivity index (χ4n) is 4.28. The van der Waals surface area contributed by atoms with Gasteiger partial charge >= 0.3 is 0 Å². The van der Waals surface area contributed by atoms with Gasteiger partial charge in [0.25, 0.3) is 0 Å². The molecule has 2 aliphatic rings. The summed E-state index contributed by atoms with van der Waals surface area (Å²) in [6.45, 7) is 1.16. The van der Waals surface area contributed by atoms with E-state index in [0.717, 1.165) is 18.5 Å². The van der Waals surface area contributed by atoms with Crippen molar-refractivity contribution in [3.63, 3.8) is 0 Å². The number of anilines is 1. The van der Waals surface area contributed by atoms with Crippen LogP contribution in [0.5, 0.6) is 0 Å². The average Bonchev–Trinajstić information content (AvgIpc) is 3.41. The van der Waals surface area contributed by atoms with Crippen molar-refractivity contribution in [3.05, 3.63) is 52.7 Å². The molecular weight excluding hydrogens is 344 g/mol. The van der Waals surface area contributed by atoms with E-state index in [9.17, 15) is 9.59 Å². The molecule has 1 saturated heterocycles. The molecule has 2 aromatic rings. The molecule has 1 N–H and O–H groups in total. The number of rotatable bonds is 5. The Morgan fingerprint density at radius 1 is 1.15 bits per heavy atom. The topological polar surface area (TPSA) is 49.4 Å². The first kappa shape index (κ1) is 17.3. The van der Waals surface area contributed by atoms with Crippen molar-refractivity contribution in [3.8, 4) is 0 Å². The molecule has 1 aliphatic heterocycles. The van der Waals surface area contributed by atoms with Gasteiger partial charge in [0.2, 0.25) is 11.8 Å². The molecule has 0 radical (unpaired) electrons. The lowest BCUT2D eigenvalue weighted by atomic mass is 9.84. The lowest BCUT2D eigenvalue weighted by Crippen LogP contribution is -2.41. The molecule has 0 unspecified atom stereocenters. The summed E-state index contributed by atoms with van der Waals surface area (Å²) < 4.78 is 0. The third-order valence-electron chi connectivity index (χ3n) is 5.77. The Labute approximate surface area is 158 Å². The van der Waals surface area contributed by atoms with Crippen molar-refractivity contribution < 1.29 is 9.59 Å². The minimum absolute atomic E-state index is 0.0135. The normalized spacial score (nSPS) is 21.9. The van der Waals surface area contributed by atoms with Crippen LogP contribution in [0.2, 0.25) is 0 Å². The molecule has 2 amide bonds. The summed E-state index contributed by atoms with van der Waals surface area (Å²) in [5.74, 6) is -0.214. The fraction of sp³-hybridized carbons (Fsp3) is 0.429. The summed E-state index contributed by atoms with van der Waals surface area (Å²) in [4.78, 5) is 28.2. The molecule has 0 bridgehead atoms. The van der Waals surface area contributed by atoms with Gasteiger partial charge in [-0.15, -0.1) is 11.3 Å². The molecule has 5 heteroatoms. The first-order valence-electron chi connectivity index (χ1n) is 9.35. The van der Waals surface area contributed by atoms with Crippen LogP contribution in [-0.4, -0.2) is 24.9 Å². The Kier molecular flexibility index (Phi) is 4.81. The van der Waals surface area contributed by atoms with Crippen LogP contribution >= 0.6 is 11.3 Å². The van der Waals surface area contributed by atoms with E-state index in [4.69, 9.17) is 0 Å². The van der Waals surface area contributed by atoms with Crippen molar-refractivity contribution in [1.29, 1.82) is 0 Å². The molecule has 2 fully saturated rings. The van der Waals surface area contributed by atoms with E-state index in [-0.39, 0.29) is 23.1 Å². The second-order valence-corrected chi connectivity index (χ2v) is 8.37. The van der Waals surface area contributed by atoms with Crippen molar-refractivity contribution >= 4 is 28.8 Å². The van der Waals surface area contributed by atoms with Crippen molar-refractivity contribution in [2.24, 2.45) is 5.92 Å². The van der Waals surface area contributed by atoms with Gasteiger partial charge in [-0.1, -0.05) is 37.1 Å². The number of nitrogens with one attached hydrogen (secondary N) is 1. The molecule has 4 nitrogen and oxygen atoms in total. The first-order chi connectivity index (χ1) is 12.7.